The van der Waals surface area contributed by atoms with Crippen molar-refractivity contribution in [3.63, 3.8) is 0 Å². The van der Waals surface area contributed by atoms with Gasteiger partial charge in [0.05, 0.1) is 11.6 Å². The van der Waals surface area contributed by atoms with E-state index < -0.39 is 0 Å². The normalized spacial score (nSPS) is 21.5. The third-order valence-electron chi connectivity index (χ3n) is 3.74. The van der Waals surface area contributed by atoms with Crippen molar-refractivity contribution in [1.29, 1.82) is 5.26 Å². The first kappa shape index (κ1) is 15.5. The molecule has 0 fully saturated rings. The van der Waals surface area contributed by atoms with Gasteiger partial charge in [-0.1, -0.05) is 31.2 Å². The van der Waals surface area contributed by atoms with E-state index in [-0.39, 0.29) is 6.04 Å². The van der Waals surface area contributed by atoms with Gasteiger partial charge in [-0.15, -0.1) is 0 Å². The first-order chi connectivity index (χ1) is 9.04. The number of nitriles is 1. The number of allylic oxidation sites excluding steroid dienone is 5. The van der Waals surface area contributed by atoms with E-state index in [1.54, 1.807) is 0 Å². The maximum Gasteiger partial charge on any atom is 0.0994 e. The Morgan fingerprint density at radius 2 is 2.16 bits per heavy atom. The second-order valence-electron chi connectivity index (χ2n) is 4.95. The Balaban J connectivity index is 3.08. The molecule has 1 aliphatic rings. The molecule has 0 bridgehead atoms. The highest BCUT2D eigenvalue weighted by Crippen LogP contribution is 2.22. The molecule has 0 amide bonds. The van der Waals surface area contributed by atoms with Crippen molar-refractivity contribution in [2.75, 3.05) is 6.54 Å². The van der Waals surface area contributed by atoms with Crippen LogP contribution in [-0.4, -0.2) is 23.5 Å². The van der Waals surface area contributed by atoms with Gasteiger partial charge in [0, 0.05) is 12.1 Å². The van der Waals surface area contributed by atoms with Crippen LogP contribution in [0.1, 0.15) is 34.6 Å². The molecule has 1 rings (SSSR count). The van der Waals surface area contributed by atoms with E-state index >= 15 is 0 Å². The van der Waals surface area contributed by atoms with Crippen LogP contribution in [-0.2, 0) is 0 Å². The third-order valence-corrected chi connectivity index (χ3v) is 3.74. The molecule has 2 nitrogen and oxygen atoms in total. The maximum absolute atomic E-state index is 9.17. The summed E-state index contributed by atoms with van der Waals surface area (Å²) in [6.07, 6.45) is 10.6. The second-order valence-corrected chi connectivity index (χ2v) is 4.95. The smallest absolute Gasteiger partial charge is 0.0994 e. The molecule has 2 heteroatoms. The quantitative estimate of drug-likeness (QED) is 0.711. The molecule has 2 unspecified atom stereocenters. The summed E-state index contributed by atoms with van der Waals surface area (Å²) in [6.45, 7) is 11.5. The van der Waals surface area contributed by atoms with Crippen LogP contribution in [0.25, 0.3) is 0 Å². The minimum absolute atomic E-state index is 0.247. The first-order valence-corrected chi connectivity index (χ1v) is 6.91. The second kappa shape index (κ2) is 7.11. The van der Waals surface area contributed by atoms with Gasteiger partial charge < -0.3 is 0 Å². The topological polar surface area (TPSA) is 27.0 Å². The van der Waals surface area contributed by atoms with Gasteiger partial charge in [0.1, 0.15) is 0 Å². The lowest BCUT2D eigenvalue weighted by Gasteiger charge is -2.31. The lowest BCUT2D eigenvalue weighted by Crippen LogP contribution is -2.38. The zero-order valence-corrected chi connectivity index (χ0v) is 12.6. The number of nitrogens with zero attached hydrogens (tertiary/aromatic N) is 2. The van der Waals surface area contributed by atoms with E-state index in [9.17, 15) is 0 Å². The van der Waals surface area contributed by atoms with Crippen LogP contribution < -0.4 is 0 Å². The fraction of sp³-hybridized carbons (Fsp3) is 0.471. The maximum atomic E-state index is 9.17. The average Bonchev–Trinajstić information content (AvgIpc) is 2.52. The van der Waals surface area contributed by atoms with Crippen molar-refractivity contribution in [3.05, 3.63) is 47.1 Å². The highest BCUT2D eigenvalue weighted by Gasteiger charge is 2.19. The van der Waals surface area contributed by atoms with Crippen molar-refractivity contribution < 1.29 is 0 Å². The Bertz CT molecular complexity index is 472. The summed E-state index contributed by atoms with van der Waals surface area (Å²) in [6, 6.07) is 2.91. The number of rotatable bonds is 4. The van der Waals surface area contributed by atoms with E-state index in [1.807, 2.05) is 19.9 Å². The molecule has 2 atom stereocenters. The molecule has 0 saturated carbocycles. The SMILES string of the molecule is C/C=C/C(C)N(CC)C1C=CC(C#N)=C(C)C(C)=C1. The summed E-state index contributed by atoms with van der Waals surface area (Å²) in [4.78, 5) is 2.41. The Morgan fingerprint density at radius 1 is 1.47 bits per heavy atom. The molecule has 0 N–H and O–H groups in total. The zero-order chi connectivity index (χ0) is 14.4. The van der Waals surface area contributed by atoms with Gasteiger partial charge in [-0.3, -0.25) is 4.90 Å². The molecule has 0 radical (unpaired) electrons. The highest BCUT2D eigenvalue weighted by molar-refractivity contribution is 5.48. The lowest BCUT2D eigenvalue weighted by molar-refractivity contribution is 0.239. The standard InChI is InChI=1S/C17H24N2/c1-6-8-14(4)19(7-2)17-10-9-16(12-18)15(5)13(3)11-17/h6,8-11,14,17H,7H2,1-5H3/b8-6+. The van der Waals surface area contributed by atoms with Crippen LogP contribution in [0.2, 0.25) is 0 Å². The summed E-state index contributed by atoms with van der Waals surface area (Å²) >= 11 is 0. The molecule has 102 valence electrons. The molecule has 0 aromatic rings. The summed E-state index contributed by atoms with van der Waals surface area (Å²) in [5, 5.41) is 9.17. The molecular formula is C17H24N2. The van der Waals surface area contributed by atoms with Gasteiger partial charge in [-0.05, 0) is 51.5 Å². The minimum Gasteiger partial charge on any atom is -0.288 e. The fourth-order valence-electron chi connectivity index (χ4n) is 2.46. The number of hydrogen-bond donors (Lipinski definition) is 0. The van der Waals surface area contributed by atoms with Crippen LogP contribution >= 0.6 is 0 Å². The zero-order valence-electron chi connectivity index (χ0n) is 12.6. The van der Waals surface area contributed by atoms with E-state index in [1.165, 1.54) is 5.57 Å². The highest BCUT2D eigenvalue weighted by atomic mass is 15.2. The van der Waals surface area contributed by atoms with Crippen LogP contribution in [0.5, 0.6) is 0 Å². The molecular weight excluding hydrogens is 232 g/mol. The molecule has 1 aliphatic carbocycles. The molecule has 0 heterocycles. The van der Waals surface area contributed by atoms with E-state index in [4.69, 9.17) is 5.26 Å². The monoisotopic (exact) mass is 256 g/mol. The van der Waals surface area contributed by atoms with Crippen LogP contribution in [0, 0.1) is 11.3 Å². The average molecular weight is 256 g/mol. The van der Waals surface area contributed by atoms with Crippen LogP contribution in [0.15, 0.2) is 47.1 Å². The summed E-state index contributed by atoms with van der Waals surface area (Å²) in [5.41, 5.74) is 3.04. The summed E-state index contributed by atoms with van der Waals surface area (Å²) < 4.78 is 0. The number of likely N-dealkylation sites (N-methyl/N-ethyl adjacent to an activating group) is 1. The molecule has 19 heavy (non-hydrogen) atoms. The van der Waals surface area contributed by atoms with Crippen LogP contribution in [0.3, 0.4) is 0 Å². The largest absolute Gasteiger partial charge is 0.288 e. The lowest BCUT2D eigenvalue weighted by atomic mass is 10.0. The van der Waals surface area contributed by atoms with Gasteiger partial charge in [0.25, 0.3) is 0 Å². The van der Waals surface area contributed by atoms with Gasteiger partial charge in [0.15, 0.2) is 0 Å². The van der Waals surface area contributed by atoms with Gasteiger partial charge in [-0.25, -0.2) is 0 Å². The predicted molar refractivity (Wildman–Crippen MR) is 81.7 cm³/mol. The first-order valence-electron chi connectivity index (χ1n) is 6.91. The molecule has 0 aromatic heterocycles. The van der Waals surface area contributed by atoms with Crippen molar-refractivity contribution >= 4 is 0 Å². The Hall–Kier alpha value is -1.59. The van der Waals surface area contributed by atoms with E-state index in [0.29, 0.717) is 6.04 Å². The Labute approximate surface area is 117 Å². The Kier molecular flexibility index (Phi) is 5.79. The fourth-order valence-corrected chi connectivity index (χ4v) is 2.46. The van der Waals surface area contributed by atoms with Gasteiger partial charge >= 0.3 is 0 Å². The van der Waals surface area contributed by atoms with E-state index in [0.717, 1.165) is 17.7 Å². The van der Waals surface area contributed by atoms with Gasteiger partial charge in [0.2, 0.25) is 0 Å². The molecule has 0 aliphatic heterocycles. The third kappa shape index (κ3) is 3.68. The summed E-state index contributed by atoms with van der Waals surface area (Å²) in [7, 11) is 0. The molecule has 0 saturated heterocycles. The minimum atomic E-state index is 0.247. The van der Waals surface area contributed by atoms with Crippen molar-refractivity contribution in [2.24, 2.45) is 0 Å². The molecule has 0 aromatic carbocycles. The van der Waals surface area contributed by atoms with Gasteiger partial charge in [-0.2, -0.15) is 5.26 Å². The predicted octanol–water partition coefficient (Wildman–Crippen LogP) is 4.00. The number of hydrogen-bond acceptors (Lipinski definition) is 2. The molecule has 0 spiro atoms. The van der Waals surface area contributed by atoms with Crippen molar-refractivity contribution in [1.82, 2.24) is 4.90 Å². The van der Waals surface area contributed by atoms with E-state index in [2.05, 4.69) is 56.0 Å². The van der Waals surface area contributed by atoms with Crippen molar-refractivity contribution in [2.45, 2.75) is 46.7 Å². The summed E-state index contributed by atoms with van der Waals surface area (Å²) in [5.74, 6) is 0. The van der Waals surface area contributed by atoms with Crippen LogP contribution in [0.4, 0.5) is 0 Å². The van der Waals surface area contributed by atoms with Crippen molar-refractivity contribution in [3.8, 4) is 6.07 Å². The Morgan fingerprint density at radius 3 is 2.68 bits per heavy atom.